The number of rotatable bonds is 5. The van der Waals surface area contributed by atoms with Gasteiger partial charge in [-0.2, -0.15) is 0 Å². The molecule has 5 nitrogen and oxygen atoms in total. The average Bonchev–Trinajstić information content (AvgIpc) is 2.99. The minimum absolute atomic E-state index is 0.182. The van der Waals surface area contributed by atoms with Gasteiger partial charge < -0.3 is 14.5 Å². The highest BCUT2D eigenvalue weighted by Crippen LogP contribution is 2.24. The third-order valence-electron chi connectivity index (χ3n) is 5.55. The highest BCUT2D eigenvalue weighted by molar-refractivity contribution is 5.77. The van der Waals surface area contributed by atoms with Gasteiger partial charge in [0.25, 0.3) is 0 Å². The fourth-order valence-corrected chi connectivity index (χ4v) is 4.06. The van der Waals surface area contributed by atoms with Crippen LogP contribution < -0.4 is 4.74 Å². The lowest BCUT2D eigenvalue weighted by Gasteiger charge is -2.36. The van der Waals surface area contributed by atoms with E-state index in [1.165, 1.54) is 16.7 Å². The molecule has 2 amide bonds. The zero-order valence-corrected chi connectivity index (χ0v) is 16.1. The van der Waals surface area contributed by atoms with Crippen LogP contribution in [0.1, 0.15) is 16.7 Å². The molecule has 4 rings (SSSR count). The Morgan fingerprint density at radius 3 is 2.59 bits per heavy atom. The average molecular weight is 365 g/mol. The number of urea groups is 1. The Balaban J connectivity index is 1.38. The van der Waals surface area contributed by atoms with Crippen LogP contribution in [0.3, 0.4) is 0 Å². The van der Waals surface area contributed by atoms with E-state index < -0.39 is 0 Å². The second kappa shape index (κ2) is 7.61. The second-order valence-corrected chi connectivity index (χ2v) is 7.58. The Morgan fingerprint density at radius 2 is 1.81 bits per heavy atom. The van der Waals surface area contributed by atoms with Crippen molar-refractivity contribution in [1.29, 1.82) is 0 Å². The molecule has 2 heterocycles. The number of hydrogen-bond acceptors (Lipinski definition) is 3. The highest BCUT2D eigenvalue weighted by Gasteiger charge is 2.40. The van der Waals surface area contributed by atoms with Crippen molar-refractivity contribution < 1.29 is 9.53 Å². The Kier molecular flexibility index (Phi) is 5.03. The summed E-state index contributed by atoms with van der Waals surface area (Å²) in [5.74, 6) is 0.895. The van der Waals surface area contributed by atoms with Gasteiger partial charge in [-0.15, -0.1) is 0 Å². The number of fused-ring (bicyclic) bond motifs is 1. The summed E-state index contributed by atoms with van der Waals surface area (Å²) in [5.41, 5.74) is 3.70. The number of methoxy groups -OCH3 is 1. The molecule has 0 aromatic heterocycles. The number of carbonyl (C=O) groups excluding carboxylic acids is 1. The first-order chi connectivity index (χ1) is 13.1. The van der Waals surface area contributed by atoms with Crippen molar-refractivity contribution >= 4 is 6.03 Å². The first-order valence-corrected chi connectivity index (χ1v) is 9.59. The molecule has 2 aromatic carbocycles. The van der Waals surface area contributed by atoms with Crippen molar-refractivity contribution in [3.63, 3.8) is 0 Å². The van der Waals surface area contributed by atoms with E-state index in [-0.39, 0.29) is 12.1 Å². The summed E-state index contributed by atoms with van der Waals surface area (Å²) >= 11 is 0. The molecule has 27 heavy (non-hydrogen) atoms. The number of ether oxygens (including phenoxy) is 1. The summed E-state index contributed by atoms with van der Waals surface area (Å²) in [6.07, 6.45) is 0. The molecule has 1 unspecified atom stereocenters. The summed E-state index contributed by atoms with van der Waals surface area (Å²) in [6.45, 7) is 7.13. The minimum Gasteiger partial charge on any atom is -0.497 e. The van der Waals surface area contributed by atoms with Crippen LogP contribution in [0, 0.1) is 6.92 Å². The summed E-state index contributed by atoms with van der Waals surface area (Å²) in [4.78, 5) is 19.3. The van der Waals surface area contributed by atoms with Crippen LogP contribution in [0.2, 0.25) is 0 Å². The van der Waals surface area contributed by atoms with Gasteiger partial charge in [0.1, 0.15) is 5.75 Å². The van der Waals surface area contributed by atoms with Crippen LogP contribution >= 0.6 is 0 Å². The largest absolute Gasteiger partial charge is 0.497 e. The van der Waals surface area contributed by atoms with E-state index in [0.29, 0.717) is 6.54 Å². The molecule has 1 atom stereocenters. The summed E-state index contributed by atoms with van der Waals surface area (Å²) < 4.78 is 5.33. The molecule has 5 heteroatoms. The van der Waals surface area contributed by atoms with E-state index >= 15 is 0 Å². The van der Waals surface area contributed by atoms with Gasteiger partial charge in [0.05, 0.1) is 13.2 Å². The maximum absolute atomic E-state index is 12.8. The van der Waals surface area contributed by atoms with E-state index in [2.05, 4.69) is 53.1 Å². The third kappa shape index (κ3) is 3.93. The number of nitrogens with zero attached hydrogens (tertiary/aromatic N) is 3. The van der Waals surface area contributed by atoms with Crippen LogP contribution in [0.15, 0.2) is 48.5 Å². The molecule has 2 aliphatic heterocycles. The minimum atomic E-state index is 0.182. The lowest BCUT2D eigenvalue weighted by molar-refractivity contribution is 0.116. The lowest BCUT2D eigenvalue weighted by Crippen LogP contribution is -2.51. The van der Waals surface area contributed by atoms with Gasteiger partial charge in [0, 0.05) is 39.3 Å². The van der Waals surface area contributed by atoms with E-state index in [1.807, 2.05) is 17.0 Å². The van der Waals surface area contributed by atoms with E-state index in [4.69, 9.17) is 4.74 Å². The highest BCUT2D eigenvalue weighted by atomic mass is 16.5. The Labute approximate surface area is 161 Å². The van der Waals surface area contributed by atoms with Crippen LogP contribution in [-0.2, 0) is 13.1 Å². The standard InChI is InChI=1S/C22H27N3O2/c1-17-6-8-18(9-7-17)14-24-16-20-15-23(10-11-25(20)22(24)26)13-19-4-3-5-21(12-19)27-2/h3-9,12,20H,10-11,13-16H2,1-2H3. The first-order valence-electron chi connectivity index (χ1n) is 9.59. The van der Waals surface area contributed by atoms with Gasteiger partial charge >= 0.3 is 6.03 Å². The van der Waals surface area contributed by atoms with Crippen LogP contribution in [0.4, 0.5) is 4.79 Å². The van der Waals surface area contributed by atoms with Gasteiger partial charge in [-0.25, -0.2) is 4.79 Å². The summed E-state index contributed by atoms with van der Waals surface area (Å²) in [6, 6.07) is 17.2. The Hall–Kier alpha value is -2.53. The quantitative estimate of drug-likeness (QED) is 0.817. The first kappa shape index (κ1) is 17.9. The Morgan fingerprint density at radius 1 is 1.00 bits per heavy atom. The predicted molar refractivity (Wildman–Crippen MR) is 106 cm³/mol. The molecule has 0 saturated carbocycles. The van der Waals surface area contributed by atoms with E-state index in [1.54, 1.807) is 7.11 Å². The lowest BCUT2D eigenvalue weighted by atomic mass is 10.1. The van der Waals surface area contributed by atoms with Gasteiger partial charge in [0.2, 0.25) is 0 Å². The second-order valence-electron chi connectivity index (χ2n) is 7.58. The number of hydrogen-bond donors (Lipinski definition) is 0. The number of aryl methyl sites for hydroxylation is 1. The van der Waals surface area contributed by atoms with Crippen molar-refractivity contribution in [2.75, 3.05) is 33.3 Å². The van der Waals surface area contributed by atoms with Gasteiger partial charge in [-0.3, -0.25) is 4.90 Å². The topological polar surface area (TPSA) is 36.0 Å². The maximum atomic E-state index is 12.8. The smallest absolute Gasteiger partial charge is 0.320 e. The molecule has 0 bridgehead atoms. The van der Waals surface area contributed by atoms with Crippen molar-refractivity contribution in [3.05, 3.63) is 65.2 Å². The van der Waals surface area contributed by atoms with Crippen LogP contribution in [-0.4, -0.2) is 60.1 Å². The molecule has 2 saturated heterocycles. The van der Waals surface area contributed by atoms with Gasteiger partial charge in [-0.05, 0) is 30.2 Å². The van der Waals surface area contributed by atoms with E-state index in [0.717, 1.165) is 38.5 Å². The van der Waals surface area contributed by atoms with Crippen LogP contribution in [0.5, 0.6) is 5.75 Å². The molecule has 0 spiro atoms. The van der Waals surface area contributed by atoms with E-state index in [9.17, 15) is 4.79 Å². The Bertz CT molecular complexity index is 805. The maximum Gasteiger partial charge on any atom is 0.320 e. The number of benzene rings is 2. The fraction of sp³-hybridized carbons (Fsp3) is 0.409. The van der Waals surface area contributed by atoms with Crippen molar-refractivity contribution in [2.45, 2.75) is 26.1 Å². The number of carbonyl (C=O) groups is 1. The fourth-order valence-electron chi connectivity index (χ4n) is 4.06. The molecule has 2 fully saturated rings. The zero-order valence-electron chi connectivity index (χ0n) is 16.1. The molecule has 0 aliphatic carbocycles. The number of piperazine rings is 1. The molecule has 0 radical (unpaired) electrons. The van der Waals surface area contributed by atoms with Crippen molar-refractivity contribution in [1.82, 2.24) is 14.7 Å². The molecular formula is C22H27N3O2. The van der Waals surface area contributed by atoms with Crippen molar-refractivity contribution in [2.24, 2.45) is 0 Å². The molecule has 2 aromatic rings. The zero-order chi connectivity index (χ0) is 18.8. The molecular weight excluding hydrogens is 338 g/mol. The van der Waals surface area contributed by atoms with Crippen molar-refractivity contribution in [3.8, 4) is 5.75 Å². The van der Waals surface area contributed by atoms with Crippen LogP contribution in [0.25, 0.3) is 0 Å². The van der Waals surface area contributed by atoms with Gasteiger partial charge in [-0.1, -0.05) is 42.0 Å². The predicted octanol–water partition coefficient (Wildman–Crippen LogP) is 3.13. The number of amides is 2. The summed E-state index contributed by atoms with van der Waals surface area (Å²) in [7, 11) is 1.70. The molecule has 142 valence electrons. The molecule has 0 N–H and O–H groups in total. The summed E-state index contributed by atoms with van der Waals surface area (Å²) in [5, 5.41) is 0. The third-order valence-corrected chi connectivity index (χ3v) is 5.55. The SMILES string of the molecule is COc1cccc(CN2CCN3C(=O)N(Cc4ccc(C)cc4)CC3C2)c1. The molecule has 2 aliphatic rings. The monoisotopic (exact) mass is 365 g/mol. The van der Waals surface area contributed by atoms with Gasteiger partial charge in [0.15, 0.2) is 0 Å². The normalized spacial score (nSPS) is 20.1.